The van der Waals surface area contributed by atoms with Gasteiger partial charge in [0.25, 0.3) is 0 Å². The largest absolute Gasteiger partial charge is 0.454 e. The van der Waals surface area contributed by atoms with Gasteiger partial charge in [0.15, 0.2) is 11.5 Å². The summed E-state index contributed by atoms with van der Waals surface area (Å²) < 4.78 is 12.3. The van der Waals surface area contributed by atoms with Crippen LogP contribution in [0, 0.1) is 0 Å². The Morgan fingerprint density at radius 3 is 3.00 bits per heavy atom. The van der Waals surface area contributed by atoms with Crippen molar-refractivity contribution in [1.82, 2.24) is 14.7 Å². The lowest BCUT2D eigenvalue weighted by molar-refractivity contribution is 0.174. The van der Waals surface area contributed by atoms with Crippen LogP contribution in [0.25, 0.3) is 5.65 Å². The lowest BCUT2D eigenvalue weighted by Gasteiger charge is -2.07. The molecule has 0 bridgehead atoms. The predicted molar refractivity (Wildman–Crippen MR) is 88.6 cm³/mol. The summed E-state index contributed by atoms with van der Waals surface area (Å²) in [5, 5.41) is 6.13. The minimum Gasteiger partial charge on any atom is -0.454 e. The molecule has 1 aliphatic rings. The van der Waals surface area contributed by atoms with Gasteiger partial charge in [-0.25, -0.2) is 9.78 Å². The van der Waals surface area contributed by atoms with Crippen LogP contribution >= 0.6 is 11.6 Å². The second-order valence-electron chi connectivity index (χ2n) is 5.22. The van der Waals surface area contributed by atoms with E-state index in [4.69, 9.17) is 21.1 Å². The molecule has 0 saturated carbocycles. The summed E-state index contributed by atoms with van der Waals surface area (Å²) in [5.41, 5.74) is 2.13. The highest BCUT2D eigenvalue weighted by Crippen LogP contribution is 2.34. The lowest BCUT2D eigenvalue weighted by atomic mass is 10.3. The molecule has 24 heavy (non-hydrogen) atoms. The molecule has 3 heterocycles. The molecule has 0 fully saturated rings. The third-order valence-corrected chi connectivity index (χ3v) is 3.75. The van der Waals surface area contributed by atoms with Gasteiger partial charge in [0, 0.05) is 24.1 Å². The van der Waals surface area contributed by atoms with Gasteiger partial charge in [0.2, 0.25) is 6.79 Å². The number of rotatable bonds is 3. The number of halogens is 1. The second-order valence-corrected chi connectivity index (χ2v) is 5.66. The minimum absolute atomic E-state index is 0.197. The van der Waals surface area contributed by atoms with E-state index in [-0.39, 0.29) is 12.8 Å². The fraction of sp³-hybridized carbons (Fsp3) is 0.125. The zero-order chi connectivity index (χ0) is 16.5. The molecule has 2 N–H and O–H groups in total. The Balaban J connectivity index is 1.39. The predicted octanol–water partition coefficient (Wildman–Crippen LogP) is 3.04. The Morgan fingerprint density at radius 2 is 2.08 bits per heavy atom. The number of carbonyl (C=O) groups is 1. The number of ether oxygens (including phenoxy) is 2. The number of carbonyl (C=O) groups excluding carboxylic acids is 1. The van der Waals surface area contributed by atoms with Gasteiger partial charge in [0.05, 0.1) is 17.3 Å². The number of pyridine rings is 1. The first-order valence-corrected chi connectivity index (χ1v) is 7.63. The van der Waals surface area contributed by atoms with Crippen molar-refractivity contribution in [2.24, 2.45) is 0 Å². The minimum atomic E-state index is -0.330. The van der Waals surface area contributed by atoms with E-state index >= 15 is 0 Å². The SMILES string of the molecule is O=C(NCc1cn2cc(Cl)ccc2n1)Nc1ccc2c(c1)OCO2. The quantitative estimate of drug-likeness (QED) is 0.765. The lowest BCUT2D eigenvalue weighted by Crippen LogP contribution is -2.28. The summed E-state index contributed by atoms with van der Waals surface area (Å²) in [6.07, 6.45) is 3.59. The maximum atomic E-state index is 12.0. The van der Waals surface area contributed by atoms with Crippen LogP contribution in [0.4, 0.5) is 10.5 Å². The molecule has 0 aliphatic carbocycles. The average molecular weight is 345 g/mol. The molecule has 0 spiro atoms. The summed E-state index contributed by atoms with van der Waals surface area (Å²) in [5.74, 6) is 1.29. The normalized spacial score (nSPS) is 12.4. The van der Waals surface area contributed by atoms with E-state index in [1.165, 1.54) is 0 Å². The van der Waals surface area contributed by atoms with Gasteiger partial charge in [0.1, 0.15) is 5.65 Å². The van der Waals surface area contributed by atoms with E-state index in [2.05, 4.69) is 15.6 Å². The molecule has 8 heteroatoms. The molecule has 0 radical (unpaired) electrons. The van der Waals surface area contributed by atoms with Gasteiger partial charge in [-0.2, -0.15) is 0 Å². The molecule has 1 aliphatic heterocycles. The van der Waals surface area contributed by atoms with Gasteiger partial charge in [-0.15, -0.1) is 0 Å². The maximum Gasteiger partial charge on any atom is 0.319 e. The number of fused-ring (bicyclic) bond motifs is 2. The first-order valence-electron chi connectivity index (χ1n) is 7.25. The van der Waals surface area contributed by atoms with Crippen LogP contribution in [0.3, 0.4) is 0 Å². The van der Waals surface area contributed by atoms with Crippen molar-refractivity contribution in [3.8, 4) is 11.5 Å². The number of amides is 2. The third-order valence-electron chi connectivity index (χ3n) is 3.53. The topological polar surface area (TPSA) is 76.9 Å². The Hall–Kier alpha value is -2.93. The van der Waals surface area contributed by atoms with Crippen LogP contribution < -0.4 is 20.1 Å². The molecule has 2 amide bonds. The monoisotopic (exact) mass is 344 g/mol. The molecule has 0 saturated heterocycles. The molecule has 7 nitrogen and oxygen atoms in total. The van der Waals surface area contributed by atoms with Crippen LogP contribution in [0.1, 0.15) is 5.69 Å². The number of nitrogens with zero attached hydrogens (tertiary/aromatic N) is 2. The van der Waals surface area contributed by atoms with E-state index in [9.17, 15) is 4.79 Å². The highest BCUT2D eigenvalue weighted by Gasteiger charge is 2.14. The van der Waals surface area contributed by atoms with Crippen LogP contribution in [0.2, 0.25) is 5.02 Å². The molecule has 1 aromatic carbocycles. The molecule has 3 aromatic rings. The molecule has 4 rings (SSSR count). The number of anilines is 1. The van der Waals surface area contributed by atoms with Crippen molar-refractivity contribution >= 4 is 29.0 Å². The summed E-state index contributed by atoms with van der Waals surface area (Å²) >= 11 is 5.94. The Bertz CT molecular complexity index is 925. The van der Waals surface area contributed by atoms with Crippen molar-refractivity contribution in [3.05, 3.63) is 53.4 Å². The molecule has 122 valence electrons. The Labute approximate surface area is 142 Å². The fourth-order valence-corrected chi connectivity index (χ4v) is 2.59. The summed E-state index contributed by atoms with van der Waals surface area (Å²) in [4.78, 5) is 16.4. The third kappa shape index (κ3) is 2.93. The van der Waals surface area contributed by atoms with Crippen molar-refractivity contribution in [2.45, 2.75) is 6.54 Å². The molecule has 0 unspecified atom stereocenters. The molecular weight excluding hydrogens is 332 g/mol. The number of urea groups is 1. The van der Waals surface area contributed by atoms with Gasteiger partial charge in [-0.1, -0.05) is 11.6 Å². The van der Waals surface area contributed by atoms with Crippen LogP contribution in [-0.2, 0) is 6.54 Å². The van der Waals surface area contributed by atoms with E-state index in [1.54, 1.807) is 30.5 Å². The van der Waals surface area contributed by atoms with Crippen LogP contribution in [-0.4, -0.2) is 22.2 Å². The molecule has 2 aromatic heterocycles. The number of benzene rings is 1. The number of aromatic nitrogens is 2. The van der Waals surface area contributed by atoms with Crippen LogP contribution in [0.15, 0.2) is 42.7 Å². The zero-order valence-corrected chi connectivity index (χ0v) is 13.2. The van der Waals surface area contributed by atoms with Gasteiger partial charge in [-0.05, 0) is 24.3 Å². The molecular formula is C16H13ClN4O3. The smallest absolute Gasteiger partial charge is 0.319 e. The van der Waals surface area contributed by atoms with Crippen molar-refractivity contribution in [1.29, 1.82) is 0 Å². The Kier molecular flexibility index (Phi) is 3.62. The standard InChI is InChI=1S/C16H13ClN4O3/c17-10-1-4-15-19-12(8-21(15)7-10)6-18-16(22)20-11-2-3-13-14(5-11)24-9-23-13/h1-5,7-8H,6,9H2,(H2,18,20,22). The second kappa shape index (κ2) is 5.93. The highest BCUT2D eigenvalue weighted by atomic mass is 35.5. The zero-order valence-electron chi connectivity index (χ0n) is 12.5. The first kappa shape index (κ1) is 14.6. The first-order chi connectivity index (χ1) is 11.7. The summed E-state index contributed by atoms with van der Waals surface area (Å²) in [6, 6.07) is 8.48. The Morgan fingerprint density at radius 1 is 1.21 bits per heavy atom. The van der Waals surface area contributed by atoms with Crippen molar-refractivity contribution in [3.63, 3.8) is 0 Å². The van der Waals surface area contributed by atoms with Gasteiger partial charge in [-0.3, -0.25) is 0 Å². The van der Waals surface area contributed by atoms with E-state index in [1.807, 2.05) is 16.7 Å². The van der Waals surface area contributed by atoms with E-state index in [0.717, 1.165) is 11.3 Å². The summed E-state index contributed by atoms with van der Waals surface area (Å²) in [6.45, 7) is 0.499. The summed E-state index contributed by atoms with van der Waals surface area (Å²) in [7, 11) is 0. The number of hydrogen-bond acceptors (Lipinski definition) is 4. The van der Waals surface area contributed by atoms with Gasteiger partial charge >= 0.3 is 6.03 Å². The maximum absolute atomic E-state index is 12.0. The van der Waals surface area contributed by atoms with E-state index in [0.29, 0.717) is 28.8 Å². The fourth-order valence-electron chi connectivity index (χ4n) is 2.42. The highest BCUT2D eigenvalue weighted by molar-refractivity contribution is 6.30. The van der Waals surface area contributed by atoms with E-state index < -0.39 is 0 Å². The van der Waals surface area contributed by atoms with Crippen molar-refractivity contribution in [2.75, 3.05) is 12.1 Å². The number of hydrogen-bond donors (Lipinski definition) is 2. The number of imidazole rings is 1. The molecule has 0 atom stereocenters. The van der Waals surface area contributed by atoms with Crippen molar-refractivity contribution < 1.29 is 14.3 Å². The average Bonchev–Trinajstić information content (AvgIpc) is 3.18. The number of nitrogens with one attached hydrogen (secondary N) is 2. The van der Waals surface area contributed by atoms with Crippen LogP contribution in [0.5, 0.6) is 11.5 Å². The van der Waals surface area contributed by atoms with Gasteiger partial charge < -0.3 is 24.5 Å².